The monoisotopic (exact) mass is 560 g/mol. The van der Waals surface area contributed by atoms with E-state index in [1.807, 2.05) is 38.1 Å². The molecule has 0 bridgehead atoms. The summed E-state index contributed by atoms with van der Waals surface area (Å²) in [6.07, 6.45) is 2.88. The number of nitriles is 1. The van der Waals surface area contributed by atoms with E-state index in [9.17, 15) is 10.1 Å². The first kappa shape index (κ1) is 29.3. The second-order valence-electron chi connectivity index (χ2n) is 10.3. The first-order valence-corrected chi connectivity index (χ1v) is 14.1. The highest BCUT2D eigenvalue weighted by molar-refractivity contribution is 6.29. The minimum Gasteiger partial charge on any atom is -0.497 e. The molecular weight excluding hydrogens is 524 g/mol. The van der Waals surface area contributed by atoms with Crippen LogP contribution in [0.15, 0.2) is 48.5 Å². The third-order valence-corrected chi connectivity index (χ3v) is 7.86. The number of ether oxygens (including phenoxy) is 1. The summed E-state index contributed by atoms with van der Waals surface area (Å²) in [5, 5.41) is 12.8. The number of aromatic nitrogens is 2. The van der Waals surface area contributed by atoms with Crippen LogP contribution in [0.4, 0.5) is 5.69 Å². The van der Waals surface area contributed by atoms with Gasteiger partial charge in [0.25, 0.3) is 5.91 Å². The molecule has 1 aliphatic rings. The molecule has 3 heterocycles. The average Bonchev–Trinajstić information content (AvgIpc) is 2.95. The number of piperidine rings is 1. The van der Waals surface area contributed by atoms with Crippen LogP contribution in [-0.4, -0.2) is 59.6 Å². The number of carbonyl (C=O) groups is 1. The lowest BCUT2D eigenvalue weighted by molar-refractivity contribution is 0.0943. The fraction of sp³-hybridized carbons (Fsp3) is 0.419. The van der Waals surface area contributed by atoms with Gasteiger partial charge >= 0.3 is 0 Å². The van der Waals surface area contributed by atoms with Gasteiger partial charge in [-0.15, -0.1) is 0 Å². The molecule has 9 heteroatoms. The SMILES string of the molecule is COc1ccc(N(Cc2cccc(C#N)n2)C2CCN(C(C)CCNC(=O)c3c(C)cc(Cl)nc3C)CC2)cc1. The number of benzene rings is 1. The number of pyridine rings is 2. The fourth-order valence-corrected chi connectivity index (χ4v) is 5.73. The molecule has 0 aliphatic carbocycles. The van der Waals surface area contributed by atoms with E-state index in [2.05, 4.69) is 50.2 Å². The molecular formula is C31H37ClN6O2. The molecule has 1 fully saturated rings. The molecule has 1 aliphatic heterocycles. The van der Waals surface area contributed by atoms with Crippen LogP contribution in [0.2, 0.25) is 5.15 Å². The number of halogens is 1. The van der Waals surface area contributed by atoms with Crippen LogP contribution in [0.5, 0.6) is 5.75 Å². The Morgan fingerprint density at radius 2 is 1.93 bits per heavy atom. The molecule has 3 aromatic rings. The molecule has 0 saturated carbocycles. The van der Waals surface area contributed by atoms with Gasteiger partial charge in [-0.2, -0.15) is 5.26 Å². The van der Waals surface area contributed by atoms with Crippen molar-refractivity contribution in [2.75, 3.05) is 31.6 Å². The number of nitrogens with zero attached hydrogens (tertiary/aromatic N) is 5. The van der Waals surface area contributed by atoms with Gasteiger partial charge in [-0.3, -0.25) is 4.79 Å². The van der Waals surface area contributed by atoms with E-state index >= 15 is 0 Å². The summed E-state index contributed by atoms with van der Waals surface area (Å²) >= 11 is 6.02. The lowest BCUT2D eigenvalue weighted by Crippen LogP contribution is -2.48. The molecule has 2 aromatic heterocycles. The van der Waals surface area contributed by atoms with E-state index in [0.717, 1.165) is 55.0 Å². The summed E-state index contributed by atoms with van der Waals surface area (Å²) in [4.78, 5) is 26.5. The lowest BCUT2D eigenvalue weighted by atomic mass is 9.99. The van der Waals surface area contributed by atoms with E-state index in [1.54, 1.807) is 19.2 Å². The zero-order valence-electron chi connectivity index (χ0n) is 23.7. The molecule has 1 atom stereocenters. The Morgan fingerprint density at radius 1 is 1.20 bits per heavy atom. The van der Waals surface area contributed by atoms with E-state index < -0.39 is 0 Å². The third kappa shape index (κ3) is 7.29. The van der Waals surface area contributed by atoms with E-state index in [1.165, 1.54) is 0 Å². The molecule has 1 N–H and O–H groups in total. The minimum atomic E-state index is -0.103. The number of nitrogens with one attached hydrogen (secondary N) is 1. The van der Waals surface area contributed by atoms with Crippen LogP contribution >= 0.6 is 11.6 Å². The molecule has 0 radical (unpaired) electrons. The number of rotatable bonds is 10. The maximum absolute atomic E-state index is 12.8. The second-order valence-corrected chi connectivity index (χ2v) is 10.7. The number of carbonyl (C=O) groups excluding carboxylic acids is 1. The van der Waals surface area contributed by atoms with Gasteiger partial charge < -0.3 is 19.9 Å². The lowest BCUT2D eigenvalue weighted by Gasteiger charge is -2.41. The fourth-order valence-electron chi connectivity index (χ4n) is 5.44. The van der Waals surface area contributed by atoms with E-state index in [4.69, 9.17) is 16.3 Å². The normalized spacial score (nSPS) is 14.8. The minimum absolute atomic E-state index is 0.103. The van der Waals surface area contributed by atoms with Gasteiger partial charge in [0.2, 0.25) is 0 Å². The summed E-state index contributed by atoms with van der Waals surface area (Å²) in [6.45, 7) is 9.09. The number of hydrogen-bond donors (Lipinski definition) is 1. The van der Waals surface area contributed by atoms with Gasteiger partial charge in [-0.1, -0.05) is 17.7 Å². The zero-order chi connectivity index (χ0) is 28.6. The molecule has 4 rings (SSSR count). The highest BCUT2D eigenvalue weighted by atomic mass is 35.5. The summed E-state index contributed by atoms with van der Waals surface area (Å²) in [6, 6.07) is 18.3. The van der Waals surface area contributed by atoms with Crippen molar-refractivity contribution in [2.24, 2.45) is 0 Å². The summed E-state index contributed by atoms with van der Waals surface area (Å²) in [5.41, 5.74) is 4.51. The second kappa shape index (κ2) is 13.6. The van der Waals surface area contributed by atoms with Crippen molar-refractivity contribution in [3.8, 4) is 11.8 Å². The van der Waals surface area contributed by atoms with Gasteiger partial charge in [-0.25, -0.2) is 9.97 Å². The molecule has 1 saturated heterocycles. The predicted molar refractivity (Wildman–Crippen MR) is 158 cm³/mol. The maximum atomic E-state index is 12.8. The Morgan fingerprint density at radius 3 is 2.58 bits per heavy atom. The Hall–Kier alpha value is -3.67. The summed E-state index contributed by atoms with van der Waals surface area (Å²) in [5.74, 6) is 0.718. The van der Waals surface area contributed by atoms with Gasteiger partial charge in [0.1, 0.15) is 22.7 Å². The van der Waals surface area contributed by atoms with Crippen molar-refractivity contribution in [2.45, 2.75) is 58.7 Å². The third-order valence-electron chi connectivity index (χ3n) is 7.66. The standard InChI is InChI=1S/C31H37ClN6O2/c1-21-18-29(32)35-23(3)30(21)31(39)34-15-12-22(2)37-16-13-27(14-17-37)38(26-8-10-28(40-4)11-9-26)20-25-7-5-6-24(19-33)36-25/h5-11,18,22,27H,12-17,20H2,1-4H3,(H,34,39). The van der Waals surface area contributed by atoms with Crippen molar-refractivity contribution >= 4 is 23.2 Å². The molecule has 1 aromatic carbocycles. The van der Waals surface area contributed by atoms with Crippen molar-refractivity contribution < 1.29 is 9.53 Å². The van der Waals surface area contributed by atoms with Crippen molar-refractivity contribution in [1.29, 1.82) is 5.26 Å². The Balaban J connectivity index is 1.35. The molecule has 1 unspecified atom stereocenters. The number of amides is 1. The van der Waals surface area contributed by atoms with Crippen LogP contribution < -0.4 is 15.0 Å². The average molecular weight is 561 g/mol. The van der Waals surface area contributed by atoms with Gasteiger partial charge in [-0.05, 0) is 88.1 Å². The first-order chi connectivity index (χ1) is 19.3. The van der Waals surface area contributed by atoms with Crippen LogP contribution in [-0.2, 0) is 6.54 Å². The van der Waals surface area contributed by atoms with Gasteiger partial charge in [0.05, 0.1) is 30.6 Å². The highest BCUT2D eigenvalue weighted by Gasteiger charge is 2.28. The number of aryl methyl sites for hydroxylation is 2. The van der Waals surface area contributed by atoms with Gasteiger partial charge in [0, 0.05) is 37.4 Å². The highest BCUT2D eigenvalue weighted by Crippen LogP contribution is 2.28. The largest absolute Gasteiger partial charge is 0.497 e. The van der Waals surface area contributed by atoms with Crippen molar-refractivity contribution in [1.82, 2.24) is 20.2 Å². The quantitative estimate of drug-likeness (QED) is 0.336. The number of likely N-dealkylation sites (tertiary alicyclic amines) is 1. The first-order valence-electron chi connectivity index (χ1n) is 13.7. The topological polar surface area (TPSA) is 94.4 Å². The van der Waals surface area contributed by atoms with Gasteiger partial charge in [0.15, 0.2) is 0 Å². The Bertz CT molecular complexity index is 1330. The predicted octanol–water partition coefficient (Wildman–Crippen LogP) is 5.31. The number of methoxy groups -OCH3 is 1. The number of anilines is 1. The van der Waals surface area contributed by atoms with E-state index in [0.29, 0.717) is 47.3 Å². The molecule has 210 valence electrons. The van der Waals surface area contributed by atoms with Crippen molar-refractivity contribution in [3.05, 3.63) is 81.9 Å². The van der Waals surface area contributed by atoms with Crippen LogP contribution in [0.3, 0.4) is 0 Å². The molecule has 8 nitrogen and oxygen atoms in total. The van der Waals surface area contributed by atoms with Crippen molar-refractivity contribution in [3.63, 3.8) is 0 Å². The smallest absolute Gasteiger partial charge is 0.253 e. The van der Waals surface area contributed by atoms with E-state index in [-0.39, 0.29) is 5.91 Å². The Labute approximate surface area is 241 Å². The van der Waals surface area contributed by atoms with Crippen LogP contribution in [0.1, 0.15) is 59.2 Å². The maximum Gasteiger partial charge on any atom is 0.253 e. The Kier molecular flexibility index (Phi) is 9.97. The summed E-state index contributed by atoms with van der Waals surface area (Å²) in [7, 11) is 1.67. The summed E-state index contributed by atoms with van der Waals surface area (Å²) < 4.78 is 5.36. The van der Waals surface area contributed by atoms with Crippen LogP contribution in [0, 0.1) is 25.2 Å². The molecule has 0 spiro atoms. The number of hydrogen-bond acceptors (Lipinski definition) is 7. The molecule has 1 amide bonds. The zero-order valence-corrected chi connectivity index (χ0v) is 24.4. The molecule has 40 heavy (non-hydrogen) atoms. The van der Waals surface area contributed by atoms with Crippen LogP contribution in [0.25, 0.3) is 0 Å².